The normalized spacial score (nSPS) is 13.9. The van der Waals surface area contributed by atoms with E-state index >= 15 is 0 Å². The second kappa shape index (κ2) is 6.25. The van der Waals surface area contributed by atoms with Crippen LogP contribution in [0.4, 0.5) is 11.4 Å². The zero-order valence-electron chi connectivity index (χ0n) is 10.8. The van der Waals surface area contributed by atoms with Crippen molar-refractivity contribution >= 4 is 17.3 Å². The number of hydrogen-bond acceptors (Lipinski definition) is 3. The summed E-state index contributed by atoms with van der Waals surface area (Å²) in [7, 11) is 1.70. The fraction of sp³-hybridized carbons (Fsp3) is 0.462. The first-order valence-corrected chi connectivity index (χ1v) is 5.70. The summed E-state index contributed by atoms with van der Waals surface area (Å²) in [5, 5.41) is 6.06. The predicted molar refractivity (Wildman–Crippen MR) is 70.3 cm³/mol. The number of carbonyl (C=O) groups excluding carboxylic acids is 1. The molecule has 2 unspecified atom stereocenters. The molecule has 1 amide bonds. The fourth-order valence-electron chi connectivity index (χ4n) is 1.44. The first kappa shape index (κ1) is 13.5. The van der Waals surface area contributed by atoms with Gasteiger partial charge in [0.15, 0.2) is 0 Å². The fourth-order valence-corrected chi connectivity index (χ4v) is 1.44. The van der Waals surface area contributed by atoms with Crippen molar-refractivity contribution < 1.29 is 9.53 Å². The van der Waals surface area contributed by atoms with Gasteiger partial charge in [-0.15, -0.1) is 0 Å². The summed E-state index contributed by atoms with van der Waals surface area (Å²) >= 11 is 0. The number of methoxy groups -OCH3 is 1. The molecule has 4 nitrogen and oxygen atoms in total. The molecule has 0 aliphatic heterocycles. The van der Waals surface area contributed by atoms with Gasteiger partial charge in [0.05, 0.1) is 6.10 Å². The third-order valence-electron chi connectivity index (χ3n) is 2.68. The maximum Gasteiger partial charge on any atom is 0.221 e. The number of benzene rings is 1. The maximum absolute atomic E-state index is 10.9. The lowest BCUT2D eigenvalue weighted by molar-refractivity contribution is -0.114. The summed E-state index contributed by atoms with van der Waals surface area (Å²) in [5.74, 6) is -0.0629. The molecule has 1 aromatic rings. The van der Waals surface area contributed by atoms with Crippen LogP contribution in [0.2, 0.25) is 0 Å². The number of nitrogens with one attached hydrogen (secondary N) is 2. The molecule has 0 aromatic heterocycles. The van der Waals surface area contributed by atoms with Gasteiger partial charge in [0.2, 0.25) is 5.91 Å². The van der Waals surface area contributed by atoms with Crippen LogP contribution in [0.25, 0.3) is 0 Å². The molecular formula is C13H20N2O2. The second-order valence-corrected chi connectivity index (χ2v) is 4.13. The molecule has 17 heavy (non-hydrogen) atoms. The molecule has 0 bridgehead atoms. The van der Waals surface area contributed by atoms with Crippen molar-refractivity contribution in [2.75, 3.05) is 17.7 Å². The minimum Gasteiger partial charge on any atom is -0.380 e. The number of amides is 1. The van der Waals surface area contributed by atoms with Crippen molar-refractivity contribution in [3.05, 3.63) is 24.3 Å². The topological polar surface area (TPSA) is 50.4 Å². The van der Waals surface area contributed by atoms with E-state index in [2.05, 4.69) is 17.6 Å². The Labute approximate surface area is 102 Å². The highest BCUT2D eigenvalue weighted by molar-refractivity contribution is 5.88. The molecule has 0 fully saturated rings. The van der Waals surface area contributed by atoms with E-state index in [1.165, 1.54) is 6.92 Å². The highest BCUT2D eigenvalue weighted by Gasteiger charge is 2.10. The van der Waals surface area contributed by atoms with Gasteiger partial charge in [0.1, 0.15) is 0 Å². The first-order chi connectivity index (χ1) is 8.02. The van der Waals surface area contributed by atoms with Crippen LogP contribution in [-0.2, 0) is 9.53 Å². The molecular weight excluding hydrogens is 216 g/mol. The molecule has 1 rings (SSSR count). The number of rotatable bonds is 5. The van der Waals surface area contributed by atoms with Crippen molar-refractivity contribution in [1.29, 1.82) is 0 Å². The Morgan fingerprint density at radius 1 is 1.18 bits per heavy atom. The van der Waals surface area contributed by atoms with Gasteiger partial charge >= 0.3 is 0 Å². The predicted octanol–water partition coefficient (Wildman–Crippen LogP) is 2.48. The Morgan fingerprint density at radius 3 is 2.18 bits per heavy atom. The summed E-state index contributed by atoms with van der Waals surface area (Å²) in [6.07, 6.45) is 0.144. The summed E-state index contributed by atoms with van der Waals surface area (Å²) in [5.41, 5.74) is 1.81. The first-order valence-electron chi connectivity index (χ1n) is 5.70. The van der Waals surface area contributed by atoms with Gasteiger partial charge in [0, 0.05) is 31.5 Å². The van der Waals surface area contributed by atoms with E-state index in [1.54, 1.807) is 7.11 Å². The van der Waals surface area contributed by atoms with E-state index in [9.17, 15) is 4.79 Å². The Hall–Kier alpha value is -1.55. The average Bonchev–Trinajstić information content (AvgIpc) is 2.30. The van der Waals surface area contributed by atoms with Crippen LogP contribution in [0.15, 0.2) is 24.3 Å². The van der Waals surface area contributed by atoms with Crippen LogP contribution in [-0.4, -0.2) is 25.2 Å². The van der Waals surface area contributed by atoms with E-state index in [4.69, 9.17) is 4.74 Å². The van der Waals surface area contributed by atoms with E-state index in [0.29, 0.717) is 0 Å². The van der Waals surface area contributed by atoms with Crippen LogP contribution in [0, 0.1) is 0 Å². The second-order valence-electron chi connectivity index (χ2n) is 4.13. The minimum atomic E-state index is -0.0629. The highest BCUT2D eigenvalue weighted by atomic mass is 16.5. The van der Waals surface area contributed by atoms with Gasteiger partial charge in [0.25, 0.3) is 0 Å². The Balaban J connectivity index is 2.59. The van der Waals surface area contributed by atoms with Crippen molar-refractivity contribution in [2.24, 2.45) is 0 Å². The molecule has 0 spiro atoms. The Bertz CT molecular complexity index is 362. The van der Waals surface area contributed by atoms with Crippen LogP contribution in [0.5, 0.6) is 0 Å². The molecule has 0 radical (unpaired) electrons. The van der Waals surface area contributed by atoms with Crippen molar-refractivity contribution in [1.82, 2.24) is 0 Å². The largest absolute Gasteiger partial charge is 0.380 e. The van der Waals surface area contributed by atoms with E-state index < -0.39 is 0 Å². The van der Waals surface area contributed by atoms with E-state index in [-0.39, 0.29) is 18.1 Å². The molecule has 0 saturated heterocycles. The van der Waals surface area contributed by atoms with Gasteiger partial charge < -0.3 is 15.4 Å². The van der Waals surface area contributed by atoms with Crippen molar-refractivity contribution in [3.63, 3.8) is 0 Å². The van der Waals surface area contributed by atoms with Crippen LogP contribution in [0.1, 0.15) is 20.8 Å². The van der Waals surface area contributed by atoms with Gasteiger partial charge in [-0.05, 0) is 38.1 Å². The molecule has 0 aliphatic carbocycles. The Kier molecular flexibility index (Phi) is 4.97. The van der Waals surface area contributed by atoms with Gasteiger partial charge in [-0.1, -0.05) is 0 Å². The van der Waals surface area contributed by atoms with Gasteiger partial charge in [-0.2, -0.15) is 0 Å². The molecule has 0 saturated carbocycles. The smallest absolute Gasteiger partial charge is 0.221 e. The maximum atomic E-state index is 10.9. The van der Waals surface area contributed by atoms with Gasteiger partial charge in [-0.3, -0.25) is 4.79 Å². The number of anilines is 2. The molecule has 0 aliphatic rings. The summed E-state index contributed by atoms with van der Waals surface area (Å²) < 4.78 is 5.24. The SMILES string of the molecule is COC(C)C(C)Nc1ccc(NC(C)=O)cc1. The Morgan fingerprint density at radius 2 is 1.71 bits per heavy atom. The molecule has 2 atom stereocenters. The lowest BCUT2D eigenvalue weighted by Gasteiger charge is -2.21. The summed E-state index contributed by atoms with van der Waals surface area (Å²) in [4.78, 5) is 10.9. The van der Waals surface area contributed by atoms with Crippen molar-refractivity contribution in [2.45, 2.75) is 32.9 Å². The molecule has 0 heterocycles. The van der Waals surface area contributed by atoms with Crippen LogP contribution in [0.3, 0.4) is 0 Å². The lowest BCUT2D eigenvalue weighted by Crippen LogP contribution is -2.29. The highest BCUT2D eigenvalue weighted by Crippen LogP contribution is 2.15. The molecule has 4 heteroatoms. The molecule has 94 valence electrons. The van der Waals surface area contributed by atoms with E-state index in [1.807, 2.05) is 31.2 Å². The number of carbonyl (C=O) groups is 1. The molecule has 2 N–H and O–H groups in total. The summed E-state index contributed by atoms with van der Waals surface area (Å²) in [6.45, 7) is 5.58. The average molecular weight is 236 g/mol. The zero-order chi connectivity index (χ0) is 12.8. The number of hydrogen-bond donors (Lipinski definition) is 2. The third kappa shape index (κ3) is 4.44. The monoisotopic (exact) mass is 236 g/mol. The molecule has 1 aromatic carbocycles. The van der Waals surface area contributed by atoms with Crippen LogP contribution >= 0.6 is 0 Å². The summed E-state index contributed by atoms with van der Waals surface area (Å²) in [6, 6.07) is 7.84. The quantitative estimate of drug-likeness (QED) is 0.825. The van der Waals surface area contributed by atoms with Crippen molar-refractivity contribution in [3.8, 4) is 0 Å². The standard InChI is InChI=1S/C13H20N2O2/c1-9(10(2)17-4)14-12-5-7-13(8-6-12)15-11(3)16/h5-10,14H,1-4H3,(H,15,16). The van der Waals surface area contributed by atoms with Crippen LogP contribution < -0.4 is 10.6 Å². The van der Waals surface area contributed by atoms with Gasteiger partial charge in [-0.25, -0.2) is 0 Å². The van der Waals surface area contributed by atoms with E-state index in [0.717, 1.165) is 11.4 Å². The zero-order valence-corrected chi connectivity index (χ0v) is 10.8. The lowest BCUT2D eigenvalue weighted by atomic mass is 10.2. The minimum absolute atomic E-state index is 0.0629. The third-order valence-corrected chi connectivity index (χ3v) is 2.68. The number of ether oxygens (including phenoxy) is 1.